The maximum absolute atomic E-state index is 12.8. The van der Waals surface area contributed by atoms with E-state index in [2.05, 4.69) is 10.3 Å². The van der Waals surface area contributed by atoms with Gasteiger partial charge >= 0.3 is 6.18 Å². The van der Waals surface area contributed by atoms with Crippen molar-refractivity contribution in [3.05, 3.63) is 29.6 Å². The van der Waals surface area contributed by atoms with Gasteiger partial charge in [0.25, 0.3) is 0 Å². The number of aryl methyl sites for hydroxylation is 1. The highest BCUT2D eigenvalue weighted by Gasteiger charge is 2.31. The van der Waals surface area contributed by atoms with Gasteiger partial charge < -0.3 is 15.0 Å². The van der Waals surface area contributed by atoms with Crippen molar-refractivity contribution in [1.82, 2.24) is 14.9 Å². The molecule has 1 unspecified atom stereocenters. The Labute approximate surface area is 139 Å². The first-order valence-electron chi connectivity index (χ1n) is 7.93. The number of aliphatic hydroxyl groups is 1. The SMILES string of the molecule is CC(NCC(C)(C)CCO)c1nc2cc(C(F)(F)F)ccc2n1C. The number of nitrogens with zero attached hydrogens (tertiary/aromatic N) is 2. The van der Waals surface area contributed by atoms with Crippen molar-refractivity contribution in [3.8, 4) is 0 Å². The standard InChI is InChI=1S/C17H24F3N3O/c1-11(21-10-16(2,3)7-8-24)15-22-13-9-12(17(18,19)20)5-6-14(13)23(15)4/h5-6,9,11,21,24H,7-8,10H2,1-4H3. The zero-order valence-electron chi connectivity index (χ0n) is 14.4. The third-order valence-corrected chi connectivity index (χ3v) is 4.31. The van der Waals surface area contributed by atoms with Crippen LogP contribution in [0.4, 0.5) is 13.2 Å². The quantitative estimate of drug-likeness (QED) is 0.842. The van der Waals surface area contributed by atoms with E-state index in [0.717, 1.165) is 12.1 Å². The minimum atomic E-state index is -4.37. The van der Waals surface area contributed by atoms with Gasteiger partial charge in [0.05, 0.1) is 22.6 Å². The first-order valence-corrected chi connectivity index (χ1v) is 7.93. The molecule has 0 amide bonds. The highest BCUT2D eigenvalue weighted by molar-refractivity contribution is 5.77. The van der Waals surface area contributed by atoms with Crippen LogP contribution in [0.1, 0.15) is 44.6 Å². The van der Waals surface area contributed by atoms with Crippen LogP contribution in [0, 0.1) is 5.41 Å². The summed E-state index contributed by atoms with van der Waals surface area (Å²) in [5.74, 6) is 0.684. The average Bonchev–Trinajstić information content (AvgIpc) is 2.81. The summed E-state index contributed by atoms with van der Waals surface area (Å²) in [6, 6.07) is 3.50. The van der Waals surface area contributed by atoms with Crippen molar-refractivity contribution in [2.24, 2.45) is 12.5 Å². The van der Waals surface area contributed by atoms with Crippen LogP contribution < -0.4 is 5.32 Å². The predicted octanol–water partition coefficient (Wildman–Crippen LogP) is 3.65. The van der Waals surface area contributed by atoms with Crippen LogP contribution in [0.3, 0.4) is 0 Å². The fourth-order valence-corrected chi connectivity index (χ4v) is 2.69. The summed E-state index contributed by atoms with van der Waals surface area (Å²) in [6.07, 6.45) is -3.70. The van der Waals surface area contributed by atoms with E-state index in [-0.39, 0.29) is 18.1 Å². The number of alkyl halides is 3. The van der Waals surface area contributed by atoms with Crippen LogP contribution in [0.5, 0.6) is 0 Å². The second kappa shape index (κ2) is 6.72. The molecule has 0 radical (unpaired) electrons. The molecule has 2 aromatic rings. The van der Waals surface area contributed by atoms with Crippen LogP contribution in [0.2, 0.25) is 0 Å². The summed E-state index contributed by atoms with van der Waals surface area (Å²) in [7, 11) is 1.80. The number of aromatic nitrogens is 2. The summed E-state index contributed by atoms with van der Waals surface area (Å²) in [6.45, 7) is 6.82. The topological polar surface area (TPSA) is 50.1 Å². The Morgan fingerprint density at radius 1 is 1.29 bits per heavy atom. The van der Waals surface area contributed by atoms with Gasteiger partial charge in [0.2, 0.25) is 0 Å². The smallest absolute Gasteiger partial charge is 0.396 e. The highest BCUT2D eigenvalue weighted by atomic mass is 19.4. The Hall–Kier alpha value is -1.60. The lowest BCUT2D eigenvalue weighted by Gasteiger charge is -2.26. The molecule has 2 rings (SSSR count). The minimum Gasteiger partial charge on any atom is -0.396 e. The van der Waals surface area contributed by atoms with Crippen LogP contribution in [0.15, 0.2) is 18.2 Å². The molecule has 1 atom stereocenters. The summed E-state index contributed by atoms with van der Waals surface area (Å²) in [4.78, 5) is 4.38. The van der Waals surface area contributed by atoms with E-state index in [1.165, 1.54) is 6.07 Å². The van der Waals surface area contributed by atoms with Crippen molar-refractivity contribution in [3.63, 3.8) is 0 Å². The number of halogens is 3. The Kier molecular flexibility index (Phi) is 5.25. The van der Waals surface area contributed by atoms with Crippen LogP contribution in [0.25, 0.3) is 11.0 Å². The first kappa shape index (κ1) is 18.7. The molecule has 24 heavy (non-hydrogen) atoms. The zero-order valence-corrected chi connectivity index (χ0v) is 14.4. The molecule has 7 heteroatoms. The average molecular weight is 343 g/mol. The number of hydrogen-bond donors (Lipinski definition) is 2. The summed E-state index contributed by atoms with van der Waals surface area (Å²) in [5, 5.41) is 12.4. The van der Waals surface area contributed by atoms with E-state index in [1.54, 1.807) is 7.05 Å². The second-order valence-electron chi connectivity index (χ2n) is 6.97. The molecule has 2 N–H and O–H groups in total. The number of aliphatic hydroxyl groups excluding tert-OH is 1. The minimum absolute atomic E-state index is 0.0724. The molecule has 4 nitrogen and oxygen atoms in total. The van der Waals surface area contributed by atoms with Crippen LogP contribution >= 0.6 is 0 Å². The number of nitrogens with one attached hydrogen (secondary N) is 1. The number of fused-ring (bicyclic) bond motifs is 1. The molecule has 1 heterocycles. The van der Waals surface area contributed by atoms with Gasteiger partial charge in [-0.25, -0.2) is 4.98 Å². The van der Waals surface area contributed by atoms with Crippen LogP contribution in [-0.4, -0.2) is 27.8 Å². The molecule has 0 fully saturated rings. The molecule has 1 aromatic carbocycles. The van der Waals surface area contributed by atoms with Gasteiger partial charge in [-0.2, -0.15) is 13.2 Å². The zero-order chi connectivity index (χ0) is 18.1. The molecular weight excluding hydrogens is 319 g/mol. The van der Waals surface area contributed by atoms with Crippen LogP contribution in [-0.2, 0) is 13.2 Å². The predicted molar refractivity (Wildman–Crippen MR) is 87.6 cm³/mol. The van der Waals surface area contributed by atoms with Crippen molar-refractivity contribution in [2.45, 2.75) is 39.4 Å². The van der Waals surface area contributed by atoms with Crippen molar-refractivity contribution in [1.29, 1.82) is 0 Å². The molecule has 0 spiro atoms. The molecule has 134 valence electrons. The van der Waals surface area contributed by atoms with E-state index in [0.29, 0.717) is 29.8 Å². The second-order valence-corrected chi connectivity index (χ2v) is 6.97. The number of rotatable bonds is 6. The third-order valence-electron chi connectivity index (χ3n) is 4.31. The fraction of sp³-hybridized carbons (Fsp3) is 0.588. The van der Waals surface area contributed by atoms with E-state index in [1.807, 2.05) is 25.3 Å². The van der Waals surface area contributed by atoms with Crippen molar-refractivity contribution < 1.29 is 18.3 Å². The van der Waals surface area contributed by atoms with Crippen molar-refractivity contribution in [2.75, 3.05) is 13.2 Å². The van der Waals surface area contributed by atoms with E-state index >= 15 is 0 Å². The first-order chi connectivity index (χ1) is 11.0. The van der Waals surface area contributed by atoms with Crippen molar-refractivity contribution >= 4 is 11.0 Å². The number of imidazole rings is 1. The van der Waals surface area contributed by atoms with Gasteiger partial charge in [0.15, 0.2) is 0 Å². The molecule has 0 aliphatic carbocycles. The van der Waals surface area contributed by atoms with Gasteiger partial charge in [-0.15, -0.1) is 0 Å². The molecule has 0 aliphatic rings. The highest BCUT2D eigenvalue weighted by Crippen LogP contribution is 2.32. The summed E-state index contributed by atoms with van der Waals surface area (Å²) >= 11 is 0. The molecule has 0 saturated carbocycles. The van der Waals surface area contributed by atoms with E-state index in [9.17, 15) is 13.2 Å². The summed E-state index contributed by atoms with van der Waals surface area (Å²) in [5.41, 5.74) is 0.244. The monoisotopic (exact) mass is 343 g/mol. The Morgan fingerprint density at radius 2 is 1.96 bits per heavy atom. The molecular formula is C17H24F3N3O. The van der Waals surface area contributed by atoms with Gasteiger partial charge in [-0.1, -0.05) is 13.8 Å². The lowest BCUT2D eigenvalue weighted by Crippen LogP contribution is -2.33. The number of hydrogen-bond acceptors (Lipinski definition) is 3. The Balaban J connectivity index is 2.24. The number of benzene rings is 1. The Morgan fingerprint density at radius 3 is 2.54 bits per heavy atom. The molecule has 0 aliphatic heterocycles. The van der Waals surface area contributed by atoms with E-state index < -0.39 is 11.7 Å². The Bertz CT molecular complexity index is 707. The van der Waals surface area contributed by atoms with E-state index in [4.69, 9.17) is 5.11 Å². The van der Waals surface area contributed by atoms with Gasteiger partial charge in [-0.3, -0.25) is 0 Å². The fourth-order valence-electron chi connectivity index (χ4n) is 2.69. The molecule has 0 bridgehead atoms. The maximum atomic E-state index is 12.8. The molecule has 1 aromatic heterocycles. The largest absolute Gasteiger partial charge is 0.416 e. The van der Waals surface area contributed by atoms with Gasteiger partial charge in [-0.05, 0) is 37.0 Å². The third kappa shape index (κ3) is 4.08. The summed E-state index contributed by atoms with van der Waals surface area (Å²) < 4.78 is 40.3. The lowest BCUT2D eigenvalue weighted by atomic mass is 9.89. The van der Waals surface area contributed by atoms with Gasteiger partial charge in [0, 0.05) is 20.2 Å². The molecule has 0 saturated heterocycles. The lowest BCUT2D eigenvalue weighted by molar-refractivity contribution is -0.137. The van der Waals surface area contributed by atoms with Gasteiger partial charge in [0.1, 0.15) is 5.82 Å². The normalized spacial score (nSPS) is 14.3. The maximum Gasteiger partial charge on any atom is 0.416 e.